The van der Waals surface area contributed by atoms with Gasteiger partial charge < -0.3 is 14.6 Å². The Morgan fingerprint density at radius 2 is 1.89 bits per heavy atom. The van der Waals surface area contributed by atoms with Crippen LogP contribution in [0.15, 0.2) is 4.79 Å². The maximum absolute atomic E-state index is 12.8. The van der Waals surface area contributed by atoms with E-state index in [1.807, 2.05) is 13.8 Å². The van der Waals surface area contributed by atoms with Crippen molar-refractivity contribution >= 4 is 27.5 Å². The van der Waals surface area contributed by atoms with Crippen molar-refractivity contribution in [1.82, 2.24) is 19.8 Å². The molecule has 7 nitrogen and oxygen atoms in total. The second kappa shape index (κ2) is 8.50. The number of H-pyrrole nitrogens is 1. The number of fused-ring (bicyclic) bond motifs is 1. The molecule has 0 amide bonds. The van der Waals surface area contributed by atoms with Crippen LogP contribution >= 0.6 is 11.3 Å². The number of piperazine rings is 1. The Kier molecular flexibility index (Phi) is 6.29. The number of carbonyl (C=O) groups excluding carboxylic acids is 1. The number of carbonyl (C=O) groups is 1. The van der Waals surface area contributed by atoms with E-state index in [4.69, 9.17) is 4.74 Å². The summed E-state index contributed by atoms with van der Waals surface area (Å²) in [6, 6.07) is 0. The van der Waals surface area contributed by atoms with Gasteiger partial charge in [-0.2, -0.15) is 0 Å². The molecule has 1 saturated heterocycles. The molecule has 0 aliphatic carbocycles. The van der Waals surface area contributed by atoms with Crippen LogP contribution in [0.4, 0.5) is 0 Å². The molecule has 0 bridgehead atoms. The molecule has 1 N–H and O–H groups in total. The van der Waals surface area contributed by atoms with Crippen molar-refractivity contribution in [3.63, 3.8) is 0 Å². The van der Waals surface area contributed by atoms with Crippen LogP contribution in [0.25, 0.3) is 10.2 Å². The quantitative estimate of drug-likeness (QED) is 0.761. The molecule has 1 aliphatic rings. The summed E-state index contributed by atoms with van der Waals surface area (Å²) < 4.78 is 5.18. The maximum atomic E-state index is 12.8. The lowest BCUT2D eigenvalue weighted by Gasteiger charge is -2.33. The Hall–Kier alpha value is -1.77. The van der Waals surface area contributed by atoms with Crippen LogP contribution in [0.1, 0.15) is 54.7 Å². The normalized spacial score (nSPS) is 16.3. The highest BCUT2D eigenvalue weighted by molar-refractivity contribution is 7.20. The summed E-state index contributed by atoms with van der Waals surface area (Å²) in [5.41, 5.74) is 0.572. The van der Waals surface area contributed by atoms with E-state index >= 15 is 0 Å². The molecule has 0 aromatic carbocycles. The lowest BCUT2D eigenvalue weighted by atomic mass is 10.0. The third kappa shape index (κ3) is 4.23. The minimum Gasteiger partial charge on any atom is -0.462 e. The lowest BCUT2D eigenvalue weighted by Crippen LogP contribution is -2.45. The second-order valence-electron chi connectivity index (χ2n) is 7.12. The van der Waals surface area contributed by atoms with Crippen LogP contribution in [-0.2, 0) is 11.3 Å². The van der Waals surface area contributed by atoms with Crippen molar-refractivity contribution in [2.75, 3.05) is 39.3 Å². The van der Waals surface area contributed by atoms with Gasteiger partial charge >= 0.3 is 5.97 Å². The molecule has 8 heteroatoms. The molecule has 0 radical (unpaired) electrons. The third-order valence-electron chi connectivity index (χ3n) is 4.97. The Balaban J connectivity index is 1.92. The number of aromatic nitrogens is 2. The van der Waals surface area contributed by atoms with Crippen LogP contribution in [0.2, 0.25) is 0 Å². The minimum atomic E-state index is -0.374. The van der Waals surface area contributed by atoms with Gasteiger partial charge in [0, 0.05) is 26.2 Å². The number of rotatable bonds is 6. The van der Waals surface area contributed by atoms with Gasteiger partial charge in [0.1, 0.15) is 15.5 Å². The first-order valence-electron chi connectivity index (χ1n) is 9.62. The standard InChI is InChI=1S/C19H28N4O3S/c1-5-22-7-9-23(10-8-22)11-13-20-17(24)15-14(12(3)4)16(19(25)26-6-2)27-18(15)21-13/h12H,5-11H2,1-4H3,(H,20,21,24). The van der Waals surface area contributed by atoms with Crippen molar-refractivity contribution in [1.29, 1.82) is 0 Å². The Labute approximate surface area is 163 Å². The van der Waals surface area contributed by atoms with Gasteiger partial charge in [-0.3, -0.25) is 9.69 Å². The molecule has 3 rings (SSSR count). The number of nitrogens with one attached hydrogen (secondary N) is 1. The van der Waals surface area contributed by atoms with Crippen LogP contribution in [0.3, 0.4) is 0 Å². The van der Waals surface area contributed by atoms with Crippen LogP contribution in [0.5, 0.6) is 0 Å². The van der Waals surface area contributed by atoms with Crippen molar-refractivity contribution in [2.45, 2.75) is 40.2 Å². The molecular formula is C19H28N4O3S. The van der Waals surface area contributed by atoms with Gasteiger partial charge in [-0.05, 0) is 24.9 Å². The van der Waals surface area contributed by atoms with Crippen molar-refractivity contribution in [2.24, 2.45) is 0 Å². The highest BCUT2D eigenvalue weighted by Gasteiger charge is 2.25. The smallest absolute Gasteiger partial charge is 0.348 e. The number of hydrogen-bond acceptors (Lipinski definition) is 7. The minimum absolute atomic E-state index is 0.0361. The number of thiophene rings is 1. The van der Waals surface area contributed by atoms with Gasteiger partial charge in [0.25, 0.3) is 5.56 Å². The lowest BCUT2D eigenvalue weighted by molar-refractivity contribution is 0.0530. The Morgan fingerprint density at radius 1 is 1.22 bits per heavy atom. The van der Waals surface area contributed by atoms with Gasteiger partial charge in [-0.1, -0.05) is 20.8 Å². The zero-order valence-corrected chi connectivity index (χ0v) is 17.3. The Bertz CT molecular complexity index is 866. The maximum Gasteiger partial charge on any atom is 0.348 e. The fourth-order valence-corrected chi connectivity index (χ4v) is 4.77. The van der Waals surface area contributed by atoms with Gasteiger partial charge in [0.15, 0.2) is 0 Å². The largest absolute Gasteiger partial charge is 0.462 e. The number of ether oxygens (including phenoxy) is 1. The summed E-state index contributed by atoms with van der Waals surface area (Å²) in [6.45, 7) is 13.9. The highest BCUT2D eigenvalue weighted by atomic mass is 32.1. The zero-order chi connectivity index (χ0) is 19.6. The zero-order valence-electron chi connectivity index (χ0n) is 16.5. The SMILES string of the molecule is CCOC(=O)c1sc2nc(CN3CCN(CC)CC3)[nH]c(=O)c2c1C(C)C. The molecular weight excluding hydrogens is 364 g/mol. The van der Waals surface area contributed by atoms with E-state index in [1.165, 1.54) is 11.3 Å². The summed E-state index contributed by atoms with van der Waals surface area (Å²) in [7, 11) is 0. The monoisotopic (exact) mass is 392 g/mol. The summed E-state index contributed by atoms with van der Waals surface area (Å²) in [4.78, 5) is 38.6. The van der Waals surface area contributed by atoms with Crippen molar-refractivity contribution < 1.29 is 9.53 Å². The molecule has 2 aromatic heterocycles. The highest BCUT2D eigenvalue weighted by Crippen LogP contribution is 2.33. The van der Waals surface area contributed by atoms with Crippen molar-refractivity contribution in [3.8, 4) is 0 Å². The van der Waals surface area contributed by atoms with E-state index in [0.29, 0.717) is 34.1 Å². The fourth-order valence-electron chi connectivity index (χ4n) is 3.52. The van der Waals surface area contributed by atoms with Crippen LogP contribution in [-0.4, -0.2) is 65.1 Å². The van der Waals surface area contributed by atoms with E-state index < -0.39 is 0 Å². The van der Waals surface area contributed by atoms with E-state index in [2.05, 4.69) is 26.7 Å². The molecule has 1 fully saturated rings. The topological polar surface area (TPSA) is 78.5 Å². The van der Waals surface area contributed by atoms with E-state index in [0.717, 1.165) is 38.3 Å². The third-order valence-corrected chi connectivity index (χ3v) is 6.05. The number of likely N-dealkylation sites (N-methyl/N-ethyl adjacent to an activating group) is 1. The molecule has 1 aliphatic heterocycles. The second-order valence-corrected chi connectivity index (χ2v) is 8.12. The average Bonchev–Trinajstić information content (AvgIpc) is 3.03. The van der Waals surface area contributed by atoms with E-state index in [-0.39, 0.29) is 17.4 Å². The number of nitrogens with zero attached hydrogens (tertiary/aromatic N) is 3. The predicted molar refractivity (Wildman–Crippen MR) is 108 cm³/mol. The first kappa shape index (κ1) is 20.0. The molecule has 27 heavy (non-hydrogen) atoms. The average molecular weight is 393 g/mol. The molecule has 0 spiro atoms. The summed E-state index contributed by atoms with van der Waals surface area (Å²) >= 11 is 1.26. The molecule has 148 valence electrons. The fraction of sp³-hybridized carbons (Fsp3) is 0.632. The molecule has 0 saturated carbocycles. The van der Waals surface area contributed by atoms with Crippen molar-refractivity contribution in [3.05, 3.63) is 26.6 Å². The molecule has 2 aromatic rings. The summed E-state index contributed by atoms with van der Waals surface area (Å²) in [5, 5.41) is 0.526. The first-order valence-corrected chi connectivity index (χ1v) is 10.4. The number of hydrogen-bond donors (Lipinski definition) is 1. The van der Waals surface area contributed by atoms with Crippen LogP contribution < -0.4 is 5.56 Å². The van der Waals surface area contributed by atoms with Crippen LogP contribution in [0, 0.1) is 0 Å². The predicted octanol–water partition coefficient (Wildman–Crippen LogP) is 2.42. The first-order chi connectivity index (χ1) is 12.9. The molecule has 3 heterocycles. The van der Waals surface area contributed by atoms with Gasteiger partial charge in [0.2, 0.25) is 0 Å². The van der Waals surface area contributed by atoms with Gasteiger partial charge in [0.05, 0.1) is 18.5 Å². The summed E-state index contributed by atoms with van der Waals surface area (Å²) in [6.07, 6.45) is 0. The van der Waals surface area contributed by atoms with E-state index in [1.54, 1.807) is 6.92 Å². The van der Waals surface area contributed by atoms with E-state index in [9.17, 15) is 9.59 Å². The Morgan fingerprint density at radius 3 is 2.48 bits per heavy atom. The van der Waals surface area contributed by atoms with Gasteiger partial charge in [-0.25, -0.2) is 9.78 Å². The van der Waals surface area contributed by atoms with Gasteiger partial charge in [-0.15, -0.1) is 11.3 Å². The molecule has 0 unspecified atom stereocenters. The number of esters is 1. The molecule has 0 atom stereocenters. The number of aromatic amines is 1. The summed E-state index contributed by atoms with van der Waals surface area (Å²) in [5.74, 6) is 0.319.